The number of carbonyl (C=O) groups excluding carboxylic acids is 1. The van der Waals surface area contributed by atoms with Gasteiger partial charge < -0.3 is 4.79 Å². The molecule has 13 heavy (non-hydrogen) atoms. The quantitative estimate of drug-likeness (QED) is 0.510. The van der Waals surface area contributed by atoms with Crippen molar-refractivity contribution in [2.45, 2.75) is 36.9 Å². The molecule has 1 fully saturated rings. The van der Waals surface area contributed by atoms with Crippen LogP contribution in [-0.2, 0) is 4.79 Å². The fourth-order valence-electron chi connectivity index (χ4n) is 2.35. The van der Waals surface area contributed by atoms with Gasteiger partial charge in [0.05, 0.1) is 4.75 Å². The molecule has 0 N–H and O–H groups in total. The minimum atomic E-state index is -0.00329. The molecule has 1 saturated heterocycles. The molecule has 1 heterocycles. The van der Waals surface area contributed by atoms with Crippen LogP contribution in [0.2, 0.25) is 0 Å². The van der Waals surface area contributed by atoms with Crippen molar-refractivity contribution in [3.63, 3.8) is 0 Å². The first-order valence-electron chi connectivity index (χ1n) is 5.10. The molecule has 0 radical (unpaired) electrons. The van der Waals surface area contributed by atoms with Crippen LogP contribution in [0.15, 0.2) is 12.2 Å². The molecule has 72 valence electrons. The van der Waals surface area contributed by atoms with E-state index in [0.717, 1.165) is 18.8 Å². The lowest BCUT2D eigenvalue weighted by molar-refractivity contribution is -0.110. The molecule has 1 atom stereocenters. The molecule has 1 aliphatic carbocycles. The summed E-state index contributed by atoms with van der Waals surface area (Å²) in [7, 11) is 0. The summed E-state index contributed by atoms with van der Waals surface area (Å²) in [6.45, 7) is 0. The molecule has 1 aliphatic heterocycles. The molecular weight excluding hydrogens is 180 g/mol. The van der Waals surface area contributed by atoms with Gasteiger partial charge in [-0.15, -0.1) is 11.8 Å². The van der Waals surface area contributed by atoms with Gasteiger partial charge in [-0.2, -0.15) is 0 Å². The van der Waals surface area contributed by atoms with Crippen LogP contribution in [0, 0.1) is 5.92 Å². The van der Waals surface area contributed by atoms with E-state index in [2.05, 4.69) is 12.2 Å². The van der Waals surface area contributed by atoms with Crippen molar-refractivity contribution >= 4 is 18.0 Å². The second kappa shape index (κ2) is 3.87. The third kappa shape index (κ3) is 1.98. The fourth-order valence-corrected chi connectivity index (χ4v) is 3.76. The first kappa shape index (κ1) is 9.32. The Balaban J connectivity index is 1.93. The third-order valence-corrected chi connectivity index (χ3v) is 4.62. The maximum atomic E-state index is 11.1. The van der Waals surface area contributed by atoms with Crippen LogP contribution < -0.4 is 0 Å². The van der Waals surface area contributed by atoms with Gasteiger partial charge in [-0.25, -0.2) is 0 Å². The minimum Gasteiger partial charge on any atom is -0.302 e. The van der Waals surface area contributed by atoms with Gasteiger partial charge >= 0.3 is 0 Å². The predicted octanol–water partition coefficient (Wildman–Crippen LogP) is 2.81. The van der Waals surface area contributed by atoms with Gasteiger partial charge in [-0.3, -0.25) is 0 Å². The largest absolute Gasteiger partial charge is 0.302 e. The zero-order valence-electron chi connectivity index (χ0n) is 7.87. The Labute approximate surface area is 84.0 Å². The van der Waals surface area contributed by atoms with Gasteiger partial charge in [0.15, 0.2) is 0 Å². The highest BCUT2D eigenvalue weighted by Crippen LogP contribution is 2.43. The third-order valence-electron chi connectivity index (χ3n) is 3.09. The normalized spacial score (nSPS) is 34.2. The summed E-state index contributed by atoms with van der Waals surface area (Å²) in [4.78, 5) is 11.1. The molecule has 0 aromatic carbocycles. The molecule has 2 aliphatic rings. The molecular formula is C11H16OS. The van der Waals surface area contributed by atoms with Crippen molar-refractivity contribution in [1.29, 1.82) is 0 Å². The number of rotatable bonds is 3. The molecule has 0 bridgehead atoms. The smallest absolute Gasteiger partial charge is 0.136 e. The molecule has 0 aromatic rings. The van der Waals surface area contributed by atoms with Crippen molar-refractivity contribution in [2.24, 2.45) is 5.92 Å². The Hall–Kier alpha value is -0.240. The van der Waals surface area contributed by atoms with E-state index in [1.807, 2.05) is 11.8 Å². The standard InChI is InChI=1S/C11H16OS/c12-9-11(6-3-7-13-11)8-10-4-1-2-5-10/h1-2,9-10H,3-8H2. The summed E-state index contributed by atoms with van der Waals surface area (Å²) in [6, 6.07) is 0. The van der Waals surface area contributed by atoms with Gasteiger partial charge in [0.2, 0.25) is 0 Å². The number of hydrogen-bond acceptors (Lipinski definition) is 2. The SMILES string of the molecule is O=CC1(CC2CC=CC2)CCCS1. The van der Waals surface area contributed by atoms with Crippen LogP contribution in [-0.4, -0.2) is 16.8 Å². The summed E-state index contributed by atoms with van der Waals surface area (Å²) >= 11 is 1.88. The van der Waals surface area contributed by atoms with Crippen molar-refractivity contribution in [3.8, 4) is 0 Å². The van der Waals surface area contributed by atoms with E-state index in [1.165, 1.54) is 31.3 Å². The number of carbonyl (C=O) groups is 1. The summed E-state index contributed by atoms with van der Waals surface area (Å²) in [5.41, 5.74) is 0. The Morgan fingerprint density at radius 1 is 1.46 bits per heavy atom. The van der Waals surface area contributed by atoms with Crippen LogP contribution in [0.1, 0.15) is 32.1 Å². The van der Waals surface area contributed by atoms with Crippen LogP contribution in [0.25, 0.3) is 0 Å². The first-order valence-corrected chi connectivity index (χ1v) is 6.08. The summed E-state index contributed by atoms with van der Waals surface area (Å²) in [5, 5.41) is 0. The molecule has 2 heteroatoms. The molecule has 0 spiro atoms. The Morgan fingerprint density at radius 3 is 2.77 bits per heavy atom. The highest BCUT2D eigenvalue weighted by molar-refractivity contribution is 8.01. The lowest BCUT2D eigenvalue weighted by atomic mass is 9.90. The predicted molar refractivity (Wildman–Crippen MR) is 57.0 cm³/mol. The van der Waals surface area contributed by atoms with E-state index in [0.29, 0.717) is 0 Å². The first-order chi connectivity index (χ1) is 6.35. The van der Waals surface area contributed by atoms with E-state index < -0.39 is 0 Å². The Kier molecular flexibility index (Phi) is 2.77. The van der Waals surface area contributed by atoms with Gasteiger partial charge in [0.25, 0.3) is 0 Å². The molecule has 2 rings (SSSR count). The number of hydrogen-bond donors (Lipinski definition) is 0. The van der Waals surface area contributed by atoms with Gasteiger partial charge in [-0.1, -0.05) is 12.2 Å². The number of aldehydes is 1. The van der Waals surface area contributed by atoms with Crippen molar-refractivity contribution in [2.75, 3.05) is 5.75 Å². The fraction of sp³-hybridized carbons (Fsp3) is 0.727. The zero-order chi connectivity index (χ0) is 9.15. The summed E-state index contributed by atoms with van der Waals surface area (Å²) in [6.07, 6.45) is 11.5. The lowest BCUT2D eigenvalue weighted by Gasteiger charge is -2.24. The molecule has 1 unspecified atom stereocenters. The van der Waals surface area contributed by atoms with E-state index in [-0.39, 0.29) is 4.75 Å². The monoisotopic (exact) mass is 196 g/mol. The molecule has 0 amide bonds. The van der Waals surface area contributed by atoms with E-state index in [9.17, 15) is 4.79 Å². The van der Waals surface area contributed by atoms with Crippen LogP contribution in [0.3, 0.4) is 0 Å². The van der Waals surface area contributed by atoms with Gasteiger partial charge in [-0.05, 0) is 43.8 Å². The molecule has 1 nitrogen and oxygen atoms in total. The minimum absolute atomic E-state index is 0.00329. The highest BCUT2D eigenvalue weighted by Gasteiger charge is 2.36. The topological polar surface area (TPSA) is 17.1 Å². The van der Waals surface area contributed by atoms with Crippen LogP contribution >= 0.6 is 11.8 Å². The van der Waals surface area contributed by atoms with Crippen molar-refractivity contribution in [1.82, 2.24) is 0 Å². The van der Waals surface area contributed by atoms with Crippen LogP contribution in [0.4, 0.5) is 0 Å². The van der Waals surface area contributed by atoms with E-state index >= 15 is 0 Å². The van der Waals surface area contributed by atoms with Gasteiger partial charge in [0.1, 0.15) is 6.29 Å². The lowest BCUT2D eigenvalue weighted by Crippen LogP contribution is -2.26. The number of thioether (sulfide) groups is 1. The van der Waals surface area contributed by atoms with Crippen LogP contribution in [0.5, 0.6) is 0 Å². The average Bonchev–Trinajstić information content (AvgIpc) is 2.77. The molecule has 0 saturated carbocycles. The van der Waals surface area contributed by atoms with Gasteiger partial charge in [0, 0.05) is 0 Å². The van der Waals surface area contributed by atoms with Crippen molar-refractivity contribution in [3.05, 3.63) is 12.2 Å². The second-order valence-electron chi connectivity index (χ2n) is 4.15. The average molecular weight is 196 g/mol. The Morgan fingerprint density at radius 2 is 2.23 bits per heavy atom. The maximum absolute atomic E-state index is 11.1. The number of allylic oxidation sites excluding steroid dienone is 2. The summed E-state index contributed by atoms with van der Waals surface area (Å²) < 4.78 is -0.00329. The van der Waals surface area contributed by atoms with Crippen molar-refractivity contribution < 1.29 is 4.79 Å². The maximum Gasteiger partial charge on any atom is 0.136 e. The second-order valence-corrected chi connectivity index (χ2v) is 5.66. The Bertz CT molecular complexity index is 208. The summed E-state index contributed by atoms with van der Waals surface area (Å²) in [5.74, 6) is 1.93. The zero-order valence-corrected chi connectivity index (χ0v) is 8.69. The van der Waals surface area contributed by atoms with E-state index in [4.69, 9.17) is 0 Å². The van der Waals surface area contributed by atoms with E-state index in [1.54, 1.807) is 0 Å². The molecule has 0 aromatic heterocycles. The highest BCUT2D eigenvalue weighted by atomic mass is 32.2.